The Labute approximate surface area is 80.4 Å². The van der Waals surface area contributed by atoms with E-state index in [4.69, 9.17) is 0 Å². The van der Waals surface area contributed by atoms with Crippen molar-refractivity contribution >= 4 is 0 Å². The lowest BCUT2D eigenvalue weighted by Crippen LogP contribution is -2.07. The molecule has 1 saturated heterocycles. The summed E-state index contributed by atoms with van der Waals surface area (Å²) in [7, 11) is 0. The smallest absolute Gasteiger partial charge is 0.0476 e. The van der Waals surface area contributed by atoms with Gasteiger partial charge in [0.15, 0.2) is 0 Å². The van der Waals surface area contributed by atoms with Gasteiger partial charge in [0, 0.05) is 19.1 Å². The Balaban J connectivity index is 1.93. The van der Waals surface area contributed by atoms with Crippen LogP contribution >= 0.6 is 0 Å². The molecule has 1 aliphatic rings. The largest absolute Gasteiger partial charge is 0.293 e. The molecule has 2 atom stereocenters. The molecule has 1 aliphatic heterocycles. The normalized spacial score (nSPS) is 26.4. The topological polar surface area (TPSA) is 3.01 Å². The second-order valence-corrected chi connectivity index (χ2v) is 4.27. The second-order valence-electron chi connectivity index (χ2n) is 4.27. The summed E-state index contributed by atoms with van der Waals surface area (Å²) in [6.45, 7) is 7.04. The van der Waals surface area contributed by atoms with Crippen molar-refractivity contribution in [2.45, 2.75) is 19.9 Å². The molecule has 0 saturated carbocycles. The summed E-state index contributed by atoms with van der Waals surface area (Å²) in [5.74, 6) is 0.786. The van der Waals surface area contributed by atoms with Gasteiger partial charge in [-0.15, -0.1) is 0 Å². The van der Waals surface area contributed by atoms with Gasteiger partial charge in [0.05, 0.1) is 0 Å². The molecule has 0 spiro atoms. The molecule has 0 amide bonds. The standard InChI is InChI=1S/C12H17N/c1-10(2)8-13-9-12(13)11-6-4-3-5-7-11/h3-7,10,12H,8-9H2,1-2H3. The summed E-state index contributed by atoms with van der Waals surface area (Å²) in [5.41, 5.74) is 1.48. The Kier molecular flexibility index (Phi) is 2.36. The predicted octanol–water partition coefficient (Wildman–Crippen LogP) is 2.70. The summed E-state index contributed by atoms with van der Waals surface area (Å²) >= 11 is 0. The zero-order chi connectivity index (χ0) is 9.26. The molecule has 0 N–H and O–H groups in total. The van der Waals surface area contributed by atoms with Crippen LogP contribution in [0.3, 0.4) is 0 Å². The third kappa shape index (κ3) is 2.10. The van der Waals surface area contributed by atoms with Crippen molar-refractivity contribution in [1.82, 2.24) is 4.90 Å². The van der Waals surface area contributed by atoms with E-state index >= 15 is 0 Å². The highest BCUT2D eigenvalue weighted by atomic mass is 15.3. The lowest BCUT2D eigenvalue weighted by molar-refractivity contribution is 0.431. The van der Waals surface area contributed by atoms with Crippen molar-refractivity contribution in [2.24, 2.45) is 5.92 Å². The van der Waals surface area contributed by atoms with Gasteiger partial charge in [-0.2, -0.15) is 0 Å². The minimum Gasteiger partial charge on any atom is -0.293 e. The highest BCUT2D eigenvalue weighted by molar-refractivity contribution is 5.23. The Morgan fingerprint density at radius 1 is 1.31 bits per heavy atom. The van der Waals surface area contributed by atoms with E-state index in [1.165, 1.54) is 18.7 Å². The van der Waals surface area contributed by atoms with Crippen molar-refractivity contribution in [1.29, 1.82) is 0 Å². The van der Waals surface area contributed by atoms with Crippen LogP contribution in [-0.2, 0) is 0 Å². The van der Waals surface area contributed by atoms with E-state index < -0.39 is 0 Å². The van der Waals surface area contributed by atoms with Gasteiger partial charge in [0.1, 0.15) is 0 Å². The zero-order valence-electron chi connectivity index (χ0n) is 8.40. The van der Waals surface area contributed by atoms with Crippen LogP contribution in [0.2, 0.25) is 0 Å². The molecule has 2 unspecified atom stereocenters. The third-order valence-corrected chi connectivity index (χ3v) is 2.50. The number of hydrogen-bond donors (Lipinski definition) is 0. The first-order valence-corrected chi connectivity index (χ1v) is 5.06. The molecule has 1 heterocycles. The Morgan fingerprint density at radius 2 is 2.00 bits per heavy atom. The maximum atomic E-state index is 2.53. The van der Waals surface area contributed by atoms with E-state index in [0.29, 0.717) is 6.04 Å². The number of hydrogen-bond acceptors (Lipinski definition) is 1. The Bertz CT molecular complexity index is 266. The van der Waals surface area contributed by atoms with E-state index in [1.807, 2.05) is 0 Å². The van der Waals surface area contributed by atoms with Gasteiger partial charge in [0.2, 0.25) is 0 Å². The van der Waals surface area contributed by atoms with E-state index in [1.54, 1.807) is 0 Å². The average Bonchev–Trinajstić information content (AvgIpc) is 2.84. The molecular formula is C12H17N. The molecular weight excluding hydrogens is 158 g/mol. The minimum absolute atomic E-state index is 0.712. The zero-order valence-corrected chi connectivity index (χ0v) is 8.40. The van der Waals surface area contributed by atoms with Crippen molar-refractivity contribution in [2.75, 3.05) is 13.1 Å². The molecule has 0 aromatic heterocycles. The third-order valence-electron chi connectivity index (χ3n) is 2.50. The molecule has 1 fully saturated rings. The summed E-state index contributed by atoms with van der Waals surface area (Å²) < 4.78 is 0. The van der Waals surface area contributed by atoms with Crippen LogP contribution in [0.15, 0.2) is 30.3 Å². The molecule has 70 valence electrons. The van der Waals surface area contributed by atoms with Crippen molar-refractivity contribution < 1.29 is 0 Å². The van der Waals surface area contributed by atoms with Gasteiger partial charge < -0.3 is 0 Å². The maximum absolute atomic E-state index is 2.53. The van der Waals surface area contributed by atoms with Gasteiger partial charge in [0.25, 0.3) is 0 Å². The summed E-state index contributed by atoms with van der Waals surface area (Å²) in [5, 5.41) is 0. The van der Waals surface area contributed by atoms with Gasteiger partial charge in [-0.05, 0) is 11.5 Å². The fourth-order valence-corrected chi connectivity index (χ4v) is 1.84. The van der Waals surface area contributed by atoms with E-state index in [9.17, 15) is 0 Å². The molecule has 13 heavy (non-hydrogen) atoms. The highest BCUT2D eigenvalue weighted by Crippen LogP contribution is 2.34. The quantitative estimate of drug-likeness (QED) is 0.638. The molecule has 2 rings (SSSR count). The Morgan fingerprint density at radius 3 is 2.62 bits per heavy atom. The molecule has 0 radical (unpaired) electrons. The first-order valence-electron chi connectivity index (χ1n) is 5.06. The van der Waals surface area contributed by atoms with Crippen LogP contribution in [0.5, 0.6) is 0 Å². The van der Waals surface area contributed by atoms with Crippen LogP contribution < -0.4 is 0 Å². The number of benzene rings is 1. The Hall–Kier alpha value is -0.820. The van der Waals surface area contributed by atoms with E-state index in [0.717, 1.165) is 5.92 Å². The predicted molar refractivity (Wildman–Crippen MR) is 55.6 cm³/mol. The molecule has 1 nitrogen and oxygen atoms in total. The van der Waals surface area contributed by atoms with Gasteiger partial charge in [-0.1, -0.05) is 44.2 Å². The lowest BCUT2D eigenvalue weighted by Gasteiger charge is -2.06. The van der Waals surface area contributed by atoms with Crippen LogP contribution in [0.4, 0.5) is 0 Å². The highest BCUT2D eigenvalue weighted by Gasteiger charge is 2.34. The first-order chi connectivity index (χ1) is 6.27. The average molecular weight is 175 g/mol. The molecule has 0 bridgehead atoms. The van der Waals surface area contributed by atoms with Crippen LogP contribution in [0.1, 0.15) is 25.5 Å². The summed E-state index contributed by atoms with van der Waals surface area (Å²) in [4.78, 5) is 2.53. The van der Waals surface area contributed by atoms with Crippen molar-refractivity contribution in [3.05, 3.63) is 35.9 Å². The summed E-state index contributed by atoms with van der Waals surface area (Å²) in [6, 6.07) is 11.5. The lowest BCUT2D eigenvalue weighted by atomic mass is 10.1. The number of rotatable bonds is 3. The van der Waals surface area contributed by atoms with Crippen LogP contribution in [-0.4, -0.2) is 18.0 Å². The summed E-state index contributed by atoms with van der Waals surface area (Å²) in [6.07, 6.45) is 0. The molecule has 1 aromatic carbocycles. The van der Waals surface area contributed by atoms with E-state index in [-0.39, 0.29) is 0 Å². The van der Waals surface area contributed by atoms with Crippen molar-refractivity contribution in [3.8, 4) is 0 Å². The fraction of sp³-hybridized carbons (Fsp3) is 0.500. The second kappa shape index (κ2) is 3.51. The molecule has 1 aromatic rings. The van der Waals surface area contributed by atoms with Crippen molar-refractivity contribution in [3.63, 3.8) is 0 Å². The fourth-order valence-electron chi connectivity index (χ4n) is 1.84. The molecule has 1 heteroatoms. The monoisotopic (exact) mass is 175 g/mol. The van der Waals surface area contributed by atoms with Crippen LogP contribution in [0.25, 0.3) is 0 Å². The SMILES string of the molecule is CC(C)CN1CC1c1ccccc1. The number of nitrogens with zero attached hydrogens (tertiary/aromatic N) is 1. The van der Waals surface area contributed by atoms with E-state index in [2.05, 4.69) is 49.1 Å². The van der Waals surface area contributed by atoms with Gasteiger partial charge in [-0.25, -0.2) is 0 Å². The molecule has 0 aliphatic carbocycles. The first kappa shape index (κ1) is 8.76. The maximum Gasteiger partial charge on any atom is 0.0476 e. The van der Waals surface area contributed by atoms with Gasteiger partial charge >= 0.3 is 0 Å². The van der Waals surface area contributed by atoms with Gasteiger partial charge in [-0.3, -0.25) is 4.90 Å². The van der Waals surface area contributed by atoms with Crippen LogP contribution in [0, 0.1) is 5.92 Å². The minimum atomic E-state index is 0.712.